The fourth-order valence-electron chi connectivity index (χ4n) is 4.44. The molecule has 2 amide bonds. The second-order valence-electron chi connectivity index (χ2n) is 8.47. The van der Waals surface area contributed by atoms with Gasteiger partial charge in [-0.15, -0.1) is 11.3 Å². The number of thiophene rings is 1. The van der Waals surface area contributed by atoms with Gasteiger partial charge in [-0.2, -0.15) is 0 Å². The fourth-order valence-corrected chi connectivity index (χ4v) is 5.70. The number of hydrogen-bond donors (Lipinski definition) is 2. The van der Waals surface area contributed by atoms with Crippen molar-refractivity contribution in [2.24, 2.45) is 0 Å². The average molecular weight is 540 g/mol. The Hall–Kier alpha value is -3.92. The second kappa shape index (κ2) is 12.6. The van der Waals surface area contributed by atoms with Crippen molar-refractivity contribution in [3.63, 3.8) is 0 Å². The number of nitrogens with one attached hydrogen (secondary N) is 2. The van der Waals surface area contributed by atoms with Gasteiger partial charge in [0.1, 0.15) is 10.8 Å². The van der Waals surface area contributed by atoms with Crippen LogP contribution in [0.5, 0.6) is 17.2 Å². The smallest absolute Gasteiger partial charge is 0.410 e. The molecule has 0 aliphatic carbocycles. The van der Waals surface area contributed by atoms with E-state index in [0.29, 0.717) is 67.8 Å². The summed E-state index contributed by atoms with van der Waals surface area (Å²) in [6, 6.07) is 13.0. The van der Waals surface area contributed by atoms with Crippen LogP contribution in [0.25, 0.3) is 0 Å². The van der Waals surface area contributed by atoms with Crippen LogP contribution in [0.1, 0.15) is 40.2 Å². The van der Waals surface area contributed by atoms with Gasteiger partial charge in [0.25, 0.3) is 5.91 Å². The lowest BCUT2D eigenvalue weighted by molar-refractivity contribution is 0.102. The maximum atomic E-state index is 13.7. The number of methoxy groups -OCH3 is 2. The lowest BCUT2D eigenvalue weighted by atomic mass is 10.0. The first-order valence-electron chi connectivity index (χ1n) is 12.5. The van der Waals surface area contributed by atoms with E-state index in [4.69, 9.17) is 18.9 Å². The fraction of sp³-hybridized carbons (Fsp3) is 0.357. The van der Waals surface area contributed by atoms with E-state index in [0.717, 1.165) is 21.0 Å². The highest BCUT2D eigenvalue weighted by Crippen LogP contribution is 2.39. The summed E-state index contributed by atoms with van der Waals surface area (Å²) < 4.78 is 21.9. The molecule has 1 aromatic heterocycles. The van der Waals surface area contributed by atoms with E-state index in [2.05, 4.69) is 10.6 Å². The number of hydrogen-bond acceptors (Lipinski definition) is 8. The minimum Gasteiger partial charge on any atom is -0.493 e. The summed E-state index contributed by atoms with van der Waals surface area (Å²) >= 11 is 1.47. The van der Waals surface area contributed by atoms with Crippen LogP contribution in [-0.4, -0.2) is 50.9 Å². The van der Waals surface area contributed by atoms with Gasteiger partial charge in [-0.25, -0.2) is 4.79 Å². The maximum absolute atomic E-state index is 13.7. The molecule has 0 atom stereocenters. The zero-order valence-corrected chi connectivity index (χ0v) is 22.9. The van der Waals surface area contributed by atoms with Gasteiger partial charge in [-0.3, -0.25) is 4.79 Å². The summed E-state index contributed by atoms with van der Waals surface area (Å²) in [6.07, 6.45) is 0.198. The highest BCUT2D eigenvalue weighted by molar-refractivity contribution is 7.16. The molecule has 0 fully saturated rings. The van der Waals surface area contributed by atoms with E-state index in [1.807, 2.05) is 49.4 Å². The monoisotopic (exact) mass is 539 g/mol. The molecule has 0 saturated heterocycles. The third-order valence-corrected chi connectivity index (χ3v) is 7.34. The number of amides is 2. The normalized spacial score (nSPS) is 12.4. The van der Waals surface area contributed by atoms with E-state index in [1.165, 1.54) is 11.3 Å². The lowest BCUT2D eigenvalue weighted by Crippen LogP contribution is -2.36. The molecule has 0 unspecified atom stereocenters. The van der Waals surface area contributed by atoms with Gasteiger partial charge < -0.3 is 34.5 Å². The van der Waals surface area contributed by atoms with Gasteiger partial charge in [0.2, 0.25) is 0 Å². The third-order valence-electron chi connectivity index (χ3n) is 6.17. The zero-order chi connectivity index (χ0) is 27.1. The second-order valence-corrected chi connectivity index (χ2v) is 9.57. The number of fused-ring (bicyclic) bond motifs is 1. The first-order chi connectivity index (χ1) is 18.5. The summed E-state index contributed by atoms with van der Waals surface area (Å²) in [5.74, 6) is 1.64. The molecule has 2 heterocycles. The number of nitrogens with zero attached hydrogens (tertiary/aromatic N) is 1. The van der Waals surface area contributed by atoms with Gasteiger partial charge >= 0.3 is 6.09 Å². The first-order valence-corrected chi connectivity index (χ1v) is 13.3. The van der Waals surface area contributed by atoms with Gasteiger partial charge in [-0.05, 0) is 44.0 Å². The molecule has 1 aliphatic heterocycles. The van der Waals surface area contributed by atoms with E-state index in [-0.39, 0.29) is 12.0 Å². The van der Waals surface area contributed by atoms with Crippen molar-refractivity contribution in [1.82, 2.24) is 4.90 Å². The standard InChI is InChI=1S/C28H33N3O6S/c1-5-36-21-12-8-7-11-20(21)30-26(32)24-19-14-15-31(28(33)37-6-2)17-23(19)38-27(24)29-16-18-10-9-13-22(34-3)25(18)35-4/h7-13,29H,5-6,14-17H2,1-4H3,(H,30,32). The number of anilines is 2. The Morgan fingerprint density at radius 3 is 2.53 bits per heavy atom. The minimum atomic E-state index is -0.348. The predicted molar refractivity (Wildman–Crippen MR) is 148 cm³/mol. The molecule has 38 heavy (non-hydrogen) atoms. The third kappa shape index (κ3) is 5.80. The molecule has 10 heteroatoms. The van der Waals surface area contributed by atoms with Crippen molar-refractivity contribution >= 4 is 34.0 Å². The molecule has 9 nitrogen and oxygen atoms in total. The van der Waals surface area contributed by atoms with Gasteiger partial charge in [0.05, 0.1) is 45.2 Å². The highest BCUT2D eigenvalue weighted by Gasteiger charge is 2.30. The van der Waals surface area contributed by atoms with Crippen LogP contribution < -0.4 is 24.8 Å². The number of benzene rings is 2. The van der Waals surface area contributed by atoms with Crippen LogP contribution in [0.4, 0.5) is 15.5 Å². The Bertz CT molecular complexity index is 1290. The van der Waals surface area contributed by atoms with E-state index >= 15 is 0 Å². The average Bonchev–Trinajstić information content (AvgIpc) is 3.30. The van der Waals surface area contributed by atoms with E-state index < -0.39 is 0 Å². The first kappa shape index (κ1) is 27.1. The summed E-state index contributed by atoms with van der Waals surface area (Å²) in [5.41, 5.74) is 2.99. The van der Waals surface area contributed by atoms with Crippen molar-refractivity contribution in [2.45, 2.75) is 33.4 Å². The Labute approximate surface area is 226 Å². The number of carbonyl (C=O) groups excluding carboxylic acids is 2. The molecule has 2 aromatic carbocycles. The minimum absolute atomic E-state index is 0.237. The predicted octanol–water partition coefficient (Wildman–Crippen LogP) is 5.54. The van der Waals surface area contributed by atoms with Crippen molar-refractivity contribution < 1.29 is 28.5 Å². The molecule has 0 spiro atoms. The Morgan fingerprint density at radius 2 is 1.79 bits per heavy atom. The number of carbonyl (C=O) groups is 2. The molecular weight excluding hydrogens is 506 g/mol. The molecule has 0 radical (unpaired) electrons. The highest BCUT2D eigenvalue weighted by atomic mass is 32.1. The van der Waals surface area contributed by atoms with Crippen molar-refractivity contribution in [1.29, 1.82) is 0 Å². The van der Waals surface area contributed by atoms with Crippen LogP contribution >= 0.6 is 11.3 Å². The number of para-hydroxylation sites is 3. The number of ether oxygens (including phenoxy) is 4. The Morgan fingerprint density at radius 1 is 1.00 bits per heavy atom. The van der Waals surface area contributed by atoms with Crippen molar-refractivity contribution in [2.75, 3.05) is 44.6 Å². The molecule has 4 rings (SSSR count). The zero-order valence-electron chi connectivity index (χ0n) is 22.1. The van der Waals surface area contributed by atoms with Crippen LogP contribution in [-0.2, 0) is 24.2 Å². The molecule has 202 valence electrons. The summed E-state index contributed by atoms with van der Waals surface area (Å²) in [4.78, 5) is 28.7. The SMILES string of the molecule is CCOC(=O)N1CCc2c(sc(NCc3cccc(OC)c3OC)c2C(=O)Nc2ccccc2OCC)C1. The molecule has 3 aromatic rings. The Balaban J connectivity index is 1.66. The van der Waals surface area contributed by atoms with Gasteiger partial charge in [0, 0.05) is 23.5 Å². The Kier molecular flexibility index (Phi) is 8.96. The van der Waals surface area contributed by atoms with Crippen molar-refractivity contribution in [3.8, 4) is 17.2 Å². The topological polar surface area (TPSA) is 98.4 Å². The maximum Gasteiger partial charge on any atom is 0.410 e. The molecule has 0 bridgehead atoms. The largest absolute Gasteiger partial charge is 0.493 e. The van der Waals surface area contributed by atoms with Crippen LogP contribution in [0.15, 0.2) is 42.5 Å². The van der Waals surface area contributed by atoms with Gasteiger partial charge in [-0.1, -0.05) is 24.3 Å². The van der Waals surface area contributed by atoms with E-state index in [9.17, 15) is 9.59 Å². The van der Waals surface area contributed by atoms with E-state index in [1.54, 1.807) is 26.0 Å². The molecule has 1 aliphatic rings. The van der Waals surface area contributed by atoms with Crippen molar-refractivity contribution in [3.05, 3.63) is 64.0 Å². The van der Waals surface area contributed by atoms with Crippen LogP contribution in [0, 0.1) is 0 Å². The van der Waals surface area contributed by atoms with Gasteiger partial charge in [0.15, 0.2) is 11.5 Å². The summed E-state index contributed by atoms with van der Waals surface area (Å²) in [7, 11) is 3.20. The quantitative estimate of drug-likeness (QED) is 0.349. The summed E-state index contributed by atoms with van der Waals surface area (Å²) in [5, 5.41) is 7.20. The van der Waals surface area contributed by atoms with Crippen LogP contribution in [0.2, 0.25) is 0 Å². The summed E-state index contributed by atoms with van der Waals surface area (Å²) in [6.45, 7) is 5.76. The lowest BCUT2D eigenvalue weighted by Gasteiger charge is -2.26. The van der Waals surface area contributed by atoms with Crippen LogP contribution in [0.3, 0.4) is 0 Å². The molecule has 2 N–H and O–H groups in total. The molecular formula is C28H33N3O6S. The molecule has 0 saturated carbocycles. The number of rotatable bonds is 10.